The molecule has 0 aliphatic carbocycles. The molecule has 0 saturated carbocycles. The molecule has 108 valence electrons. The highest BCUT2D eigenvalue weighted by Gasteiger charge is 2.34. The molecule has 1 aliphatic rings. The van der Waals surface area contributed by atoms with Crippen LogP contribution < -0.4 is 0 Å². The molecule has 2 rings (SSSR count). The summed E-state index contributed by atoms with van der Waals surface area (Å²) in [6.07, 6.45) is 1.89. The van der Waals surface area contributed by atoms with Gasteiger partial charge in [0.25, 0.3) is 6.47 Å². The summed E-state index contributed by atoms with van der Waals surface area (Å²) < 4.78 is 18.2. The summed E-state index contributed by atoms with van der Waals surface area (Å²) in [6.45, 7) is 4.58. The molecule has 20 heavy (non-hydrogen) atoms. The summed E-state index contributed by atoms with van der Waals surface area (Å²) in [4.78, 5) is 15.6. The van der Waals surface area contributed by atoms with Crippen molar-refractivity contribution in [2.75, 3.05) is 6.61 Å². The maximum Gasteiger partial charge on any atom is 0.293 e. The molecule has 0 saturated heterocycles. The monoisotopic (exact) mass is 279 g/mol. The Labute approximate surface area is 117 Å². The third-order valence-corrected chi connectivity index (χ3v) is 3.43. The van der Waals surface area contributed by atoms with Crippen LogP contribution in [0.2, 0.25) is 0 Å². The molecule has 1 aromatic rings. The minimum absolute atomic E-state index is 0.264. The Kier molecular flexibility index (Phi) is 4.37. The molecule has 0 amide bonds. The largest absolute Gasteiger partial charge is 0.468 e. The maximum absolute atomic E-state index is 13.6. The van der Waals surface area contributed by atoms with Crippen molar-refractivity contribution in [2.24, 2.45) is 5.16 Å². The Morgan fingerprint density at radius 1 is 1.50 bits per heavy atom. The van der Waals surface area contributed by atoms with Gasteiger partial charge in [-0.3, -0.25) is 4.79 Å². The zero-order valence-electron chi connectivity index (χ0n) is 11.7. The van der Waals surface area contributed by atoms with Crippen LogP contribution in [0.1, 0.15) is 37.8 Å². The van der Waals surface area contributed by atoms with Crippen LogP contribution >= 0.6 is 0 Å². The van der Waals surface area contributed by atoms with Gasteiger partial charge in [-0.25, -0.2) is 4.39 Å². The highest BCUT2D eigenvalue weighted by Crippen LogP contribution is 2.30. The van der Waals surface area contributed by atoms with E-state index in [0.29, 0.717) is 19.3 Å². The number of aryl methyl sites for hydroxylation is 1. The second-order valence-corrected chi connectivity index (χ2v) is 5.17. The van der Waals surface area contributed by atoms with Gasteiger partial charge >= 0.3 is 0 Å². The second kappa shape index (κ2) is 6.03. The molecule has 1 aromatic carbocycles. The van der Waals surface area contributed by atoms with E-state index in [-0.39, 0.29) is 12.4 Å². The van der Waals surface area contributed by atoms with E-state index in [1.807, 2.05) is 19.9 Å². The van der Waals surface area contributed by atoms with Crippen molar-refractivity contribution in [3.8, 4) is 0 Å². The van der Waals surface area contributed by atoms with E-state index >= 15 is 0 Å². The van der Waals surface area contributed by atoms with Crippen molar-refractivity contribution in [3.05, 3.63) is 35.1 Å². The number of oxime groups is 1. The lowest BCUT2D eigenvalue weighted by Gasteiger charge is -2.20. The summed E-state index contributed by atoms with van der Waals surface area (Å²) in [7, 11) is 0. The lowest BCUT2D eigenvalue weighted by atomic mass is 9.92. The Balaban J connectivity index is 2.08. The fourth-order valence-corrected chi connectivity index (χ4v) is 2.22. The van der Waals surface area contributed by atoms with Crippen LogP contribution in [-0.2, 0) is 20.8 Å². The van der Waals surface area contributed by atoms with E-state index in [1.165, 1.54) is 12.1 Å². The van der Waals surface area contributed by atoms with Crippen molar-refractivity contribution in [1.29, 1.82) is 0 Å². The van der Waals surface area contributed by atoms with Gasteiger partial charge in [0.15, 0.2) is 0 Å². The van der Waals surface area contributed by atoms with Crippen LogP contribution in [0.15, 0.2) is 23.4 Å². The molecule has 0 N–H and O–H groups in total. The summed E-state index contributed by atoms with van der Waals surface area (Å²) >= 11 is 0. The number of hydrogen-bond donors (Lipinski definition) is 0. The molecule has 4 nitrogen and oxygen atoms in total. The van der Waals surface area contributed by atoms with Gasteiger partial charge in [-0.2, -0.15) is 0 Å². The fraction of sp³-hybridized carbons (Fsp3) is 0.467. The fourth-order valence-electron chi connectivity index (χ4n) is 2.22. The molecular formula is C15H18FNO3. The average Bonchev–Trinajstić information content (AvgIpc) is 2.81. The molecule has 0 fully saturated rings. The number of carbonyl (C=O) groups is 1. The van der Waals surface area contributed by atoms with Crippen LogP contribution in [0, 0.1) is 5.82 Å². The lowest BCUT2D eigenvalue weighted by molar-refractivity contribution is -0.130. The molecule has 1 aliphatic heterocycles. The molecule has 0 radical (unpaired) electrons. The van der Waals surface area contributed by atoms with Gasteiger partial charge in [0.1, 0.15) is 11.4 Å². The summed E-state index contributed by atoms with van der Waals surface area (Å²) in [5, 5.41) is 4.06. The predicted octanol–water partition coefficient (Wildman–Crippen LogP) is 2.83. The molecule has 1 heterocycles. The molecule has 1 unspecified atom stereocenters. The minimum atomic E-state index is -0.503. The number of nitrogens with zero attached hydrogens (tertiary/aromatic N) is 1. The van der Waals surface area contributed by atoms with Crippen molar-refractivity contribution in [1.82, 2.24) is 0 Å². The van der Waals surface area contributed by atoms with Gasteiger partial charge in [-0.05, 0) is 37.1 Å². The molecule has 0 spiro atoms. The number of ether oxygens (including phenoxy) is 1. The Morgan fingerprint density at radius 2 is 2.30 bits per heavy atom. The SMILES string of the molecule is CCc1cc(F)cc(C2=NOC(C)(CCOC=O)C2)c1. The van der Waals surface area contributed by atoms with E-state index in [4.69, 9.17) is 4.84 Å². The van der Waals surface area contributed by atoms with Crippen molar-refractivity contribution in [2.45, 2.75) is 38.7 Å². The van der Waals surface area contributed by atoms with E-state index in [0.717, 1.165) is 23.3 Å². The normalized spacial score (nSPS) is 21.2. The third-order valence-electron chi connectivity index (χ3n) is 3.43. The van der Waals surface area contributed by atoms with Gasteiger partial charge in [0.05, 0.1) is 12.3 Å². The van der Waals surface area contributed by atoms with Gasteiger partial charge in [-0.1, -0.05) is 12.1 Å². The Hall–Kier alpha value is -1.91. The standard InChI is InChI=1S/C15H18FNO3/c1-3-11-6-12(8-13(16)7-11)14-9-15(2,20-17-14)4-5-19-10-18/h6-8,10H,3-5,9H2,1-2H3. The average molecular weight is 279 g/mol. The van der Waals surface area contributed by atoms with Gasteiger partial charge < -0.3 is 9.57 Å². The minimum Gasteiger partial charge on any atom is -0.468 e. The van der Waals surface area contributed by atoms with Crippen molar-refractivity contribution < 1.29 is 18.8 Å². The topological polar surface area (TPSA) is 47.9 Å². The number of halogens is 1. The van der Waals surface area contributed by atoms with E-state index in [1.54, 1.807) is 0 Å². The molecular weight excluding hydrogens is 261 g/mol. The lowest BCUT2D eigenvalue weighted by Crippen LogP contribution is -2.26. The highest BCUT2D eigenvalue weighted by atomic mass is 19.1. The molecule has 5 heteroatoms. The van der Waals surface area contributed by atoms with E-state index < -0.39 is 5.60 Å². The van der Waals surface area contributed by atoms with Crippen LogP contribution in [0.25, 0.3) is 0 Å². The Morgan fingerprint density at radius 3 is 3.00 bits per heavy atom. The van der Waals surface area contributed by atoms with Gasteiger partial charge in [0, 0.05) is 18.4 Å². The second-order valence-electron chi connectivity index (χ2n) is 5.17. The summed E-state index contributed by atoms with van der Waals surface area (Å²) in [5.74, 6) is -0.264. The number of hydrogen-bond acceptors (Lipinski definition) is 4. The number of rotatable bonds is 6. The van der Waals surface area contributed by atoms with Crippen molar-refractivity contribution in [3.63, 3.8) is 0 Å². The molecule has 0 aromatic heterocycles. The predicted molar refractivity (Wildman–Crippen MR) is 73.1 cm³/mol. The molecule has 1 atom stereocenters. The quantitative estimate of drug-likeness (QED) is 0.594. The van der Waals surface area contributed by atoms with Gasteiger partial charge in [0.2, 0.25) is 0 Å². The first-order chi connectivity index (χ1) is 9.56. The van der Waals surface area contributed by atoms with Crippen LogP contribution in [0.5, 0.6) is 0 Å². The summed E-state index contributed by atoms with van der Waals surface area (Å²) in [5.41, 5.74) is 1.91. The number of carbonyl (C=O) groups excluding carboxylic acids is 1. The van der Waals surface area contributed by atoms with E-state index in [9.17, 15) is 9.18 Å². The first-order valence-electron chi connectivity index (χ1n) is 6.66. The maximum atomic E-state index is 13.6. The Bertz CT molecular complexity index is 530. The third kappa shape index (κ3) is 3.35. The highest BCUT2D eigenvalue weighted by molar-refractivity contribution is 6.01. The van der Waals surface area contributed by atoms with Crippen LogP contribution in [-0.4, -0.2) is 24.4 Å². The number of benzene rings is 1. The van der Waals surface area contributed by atoms with Gasteiger partial charge in [-0.15, -0.1) is 0 Å². The first-order valence-corrected chi connectivity index (χ1v) is 6.66. The zero-order valence-corrected chi connectivity index (χ0v) is 11.7. The van der Waals surface area contributed by atoms with Crippen molar-refractivity contribution >= 4 is 12.2 Å². The first kappa shape index (κ1) is 14.5. The van der Waals surface area contributed by atoms with Crippen LogP contribution in [0.4, 0.5) is 4.39 Å². The van der Waals surface area contributed by atoms with Crippen LogP contribution in [0.3, 0.4) is 0 Å². The van der Waals surface area contributed by atoms with E-state index in [2.05, 4.69) is 9.89 Å². The molecule has 0 bridgehead atoms. The summed E-state index contributed by atoms with van der Waals surface area (Å²) in [6, 6.07) is 4.92. The smallest absolute Gasteiger partial charge is 0.293 e. The zero-order chi connectivity index (χ0) is 14.6.